The smallest absolute Gasteiger partial charge is 0.290 e. The van der Waals surface area contributed by atoms with E-state index in [-0.39, 0.29) is 12.6 Å². The number of carbonyl (C=O) groups is 1. The molecular formula is C8H16O3. The van der Waals surface area contributed by atoms with Gasteiger partial charge in [-0.2, -0.15) is 0 Å². The molecule has 1 aliphatic carbocycles. The van der Waals surface area contributed by atoms with E-state index in [0.29, 0.717) is 5.92 Å². The minimum absolute atomic E-state index is 0.0278. The van der Waals surface area contributed by atoms with Gasteiger partial charge in [-0.25, -0.2) is 0 Å². The SMILES string of the molecule is CCC1CCCC1O.O=CO. The minimum Gasteiger partial charge on any atom is -0.483 e. The van der Waals surface area contributed by atoms with Crippen LogP contribution in [0.1, 0.15) is 32.6 Å². The van der Waals surface area contributed by atoms with Crippen molar-refractivity contribution in [1.29, 1.82) is 0 Å². The summed E-state index contributed by atoms with van der Waals surface area (Å²) in [5, 5.41) is 16.1. The second-order valence-electron chi connectivity index (χ2n) is 2.77. The van der Waals surface area contributed by atoms with Crippen molar-refractivity contribution in [1.82, 2.24) is 0 Å². The molecule has 1 aliphatic rings. The molecule has 11 heavy (non-hydrogen) atoms. The van der Waals surface area contributed by atoms with E-state index in [1.807, 2.05) is 0 Å². The average molecular weight is 160 g/mol. The van der Waals surface area contributed by atoms with Crippen LogP contribution < -0.4 is 0 Å². The molecule has 1 rings (SSSR count). The lowest BCUT2D eigenvalue weighted by atomic mass is 10.0. The van der Waals surface area contributed by atoms with E-state index in [1.165, 1.54) is 12.8 Å². The van der Waals surface area contributed by atoms with Gasteiger partial charge in [-0.1, -0.05) is 19.8 Å². The summed E-state index contributed by atoms with van der Waals surface area (Å²) in [6.07, 6.45) is 4.71. The molecule has 1 fully saturated rings. The number of aliphatic hydroxyl groups excluding tert-OH is 1. The van der Waals surface area contributed by atoms with Crippen LogP contribution in [0.3, 0.4) is 0 Å². The third-order valence-corrected chi connectivity index (χ3v) is 2.14. The van der Waals surface area contributed by atoms with Gasteiger partial charge in [-0.15, -0.1) is 0 Å². The van der Waals surface area contributed by atoms with Crippen LogP contribution in [-0.4, -0.2) is 22.8 Å². The topological polar surface area (TPSA) is 57.5 Å². The van der Waals surface area contributed by atoms with E-state index in [0.717, 1.165) is 12.8 Å². The molecule has 2 N–H and O–H groups in total. The number of hydrogen-bond acceptors (Lipinski definition) is 2. The molecule has 0 aromatic heterocycles. The van der Waals surface area contributed by atoms with E-state index < -0.39 is 0 Å². The Morgan fingerprint density at radius 3 is 2.27 bits per heavy atom. The Morgan fingerprint density at radius 2 is 2.09 bits per heavy atom. The standard InChI is InChI=1S/C7H14O.CH2O2/c1-2-6-4-3-5-7(6)8;2-1-3/h6-8H,2-5H2,1H3;1H,(H,2,3). The van der Waals surface area contributed by atoms with Crippen LogP contribution >= 0.6 is 0 Å². The van der Waals surface area contributed by atoms with Crippen molar-refractivity contribution in [3.05, 3.63) is 0 Å². The Bertz CT molecular complexity index is 104. The van der Waals surface area contributed by atoms with E-state index in [9.17, 15) is 5.11 Å². The summed E-state index contributed by atoms with van der Waals surface area (Å²) in [5.41, 5.74) is 0. The van der Waals surface area contributed by atoms with Gasteiger partial charge in [0.2, 0.25) is 0 Å². The molecule has 0 radical (unpaired) electrons. The first kappa shape index (κ1) is 10.4. The fourth-order valence-corrected chi connectivity index (χ4v) is 1.49. The largest absolute Gasteiger partial charge is 0.483 e. The summed E-state index contributed by atoms with van der Waals surface area (Å²) < 4.78 is 0. The molecule has 0 aliphatic heterocycles. The van der Waals surface area contributed by atoms with Crippen LogP contribution in [0.15, 0.2) is 0 Å². The molecule has 3 nitrogen and oxygen atoms in total. The molecule has 0 spiro atoms. The van der Waals surface area contributed by atoms with Gasteiger partial charge in [0.25, 0.3) is 6.47 Å². The predicted octanol–water partition coefficient (Wildman–Crippen LogP) is 1.26. The highest BCUT2D eigenvalue weighted by Gasteiger charge is 2.22. The van der Waals surface area contributed by atoms with Gasteiger partial charge >= 0.3 is 0 Å². The number of hydrogen-bond donors (Lipinski definition) is 2. The van der Waals surface area contributed by atoms with Crippen LogP contribution in [0.4, 0.5) is 0 Å². The Hall–Kier alpha value is -0.570. The average Bonchev–Trinajstić information content (AvgIpc) is 2.36. The van der Waals surface area contributed by atoms with Gasteiger partial charge in [-0.05, 0) is 18.8 Å². The molecule has 0 bridgehead atoms. The van der Waals surface area contributed by atoms with E-state index in [4.69, 9.17) is 9.90 Å². The van der Waals surface area contributed by atoms with Gasteiger partial charge in [-0.3, -0.25) is 4.79 Å². The first-order valence-corrected chi connectivity index (χ1v) is 4.02. The first-order chi connectivity index (χ1) is 5.26. The quantitative estimate of drug-likeness (QED) is 0.568. The molecule has 0 amide bonds. The fourth-order valence-electron chi connectivity index (χ4n) is 1.49. The Kier molecular flexibility index (Phi) is 5.84. The van der Waals surface area contributed by atoms with Crippen LogP contribution in [0.5, 0.6) is 0 Å². The molecule has 2 unspecified atom stereocenters. The second kappa shape index (κ2) is 6.16. The van der Waals surface area contributed by atoms with Crippen molar-refractivity contribution in [2.24, 2.45) is 5.92 Å². The predicted molar refractivity (Wildman–Crippen MR) is 42.3 cm³/mol. The van der Waals surface area contributed by atoms with Gasteiger partial charge in [0, 0.05) is 0 Å². The van der Waals surface area contributed by atoms with Crippen molar-refractivity contribution in [2.45, 2.75) is 38.7 Å². The molecule has 0 aromatic carbocycles. The maximum atomic E-state index is 9.19. The number of aliphatic hydroxyl groups is 1. The van der Waals surface area contributed by atoms with Crippen molar-refractivity contribution < 1.29 is 15.0 Å². The lowest BCUT2D eigenvalue weighted by Crippen LogP contribution is -2.10. The van der Waals surface area contributed by atoms with Crippen LogP contribution in [-0.2, 0) is 4.79 Å². The zero-order valence-electron chi connectivity index (χ0n) is 6.86. The third-order valence-electron chi connectivity index (χ3n) is 2.14. The van der Waals surface area contributed by atoms with Crippen molar-refractivity contribution >= 4 is 6.47 Å². The summed E-state index contributed by atoms with van der Waals surface area (Å²) in [6, 6.07) is 0. The lowest BCUT2D eigenvalue weighted by molar-refractivity contribution is -0.122. The molecule has 2 atom stereocenters. The monoisotopic (exact) mass is 160 g/mol. The highest BCUT2D eigenvalue weighted by atomic mass is 16.3. The second-order valence-corrected chi connectivity index (χ2v) is 2.77. The van der Waals surface area contributed by atoms with E-state index in [2.05, 4.69) is 6.92 Å². The van der Waals surface area contributed by atoms with E-state index >= 15 is 0 Å². The molecule has 0 heterocycles. The number of carboxylic acid groups (broad SMARTS) is 1. The van der Waals surface area contributed by atoms with E-state index in [1.54, 1.807) is 0 Å². The van der Waals surface area contributed by atoms with Gasteiger partial charge < -0.3 is 10.2 Å². The molecule has 0 saturated heterocycles. The zero-order valence-corrected chi connectivity index (χ0v) is 6.86. The van der Waals surface area contributed by atoms with Gasteiger partial charge in [0.15, 0.2) is 0 Å². The zero-order chi connectivity index (χ0) is 8.69. The van der Waals surface area contributed by atoms with Gasteiger partial charge in [0.1, 0.15) is 0 Å². The van der Waals surface area contributed by atoms with Crippen molar-refractivity contribution in [3.63, 3.8) is 0 Å². The summed E-state index contributed by atoms with van der Waals surface area (Å²) in [4.78, 5) is 8.36. The summed E-state index contributed by atoms with van der Waals surface area (Å²) in [6.45, 7) is 1.90. The lowest BCUT2D eigenvalue weighted by Gasteiger charge is -2.09. The van der Waals surface area contributed by atoms with Crippen molar-refractivity contribution in [2.75, 3.05) is 0 Å². The molecule has 3 heteroatoms. The van der Waals surface area contributed by atoms with Gasteiger partial charge in [0.05, 0.1) is 6.10 Å². The maximum absolute atomic E-state index is 9.19. The summed E-state index contributed by atoms with van der Waals surface area (Å²) in [7, 11) is 0. The maximum Gasteiger partial charge on any atom is 0.290 e. The van der Waals surface area contributed by atoms with Crippen LogP contribution in [0.25, 0.3) is 0 Å². The first-order valence-electron chi connectivity index (χ1n) is 4.02. The third kappa shape index (κ3) is 3.98. The Labute approximate surface area is 67.0 Å². The van der Waals surface area contributed by atoms with Crippen LogP contribution in [0.2, 0.25) is 0 Å². The highest BCUT2D eigenvalue weighted by molar-refractivity contribution is 5.32. The fraction of sp³-hybridized carbons (Fsp3) is 0.875. The summed E-state index contributed by atoms with van der Waals surface area (Å²) in [5.74, 6) is 0.620. The molecule has 0 aromatic rings. The minimum atomic E-state index is -0.250. The Balaban J connectivity index is 0.000000292. The molecule has 1 saturated carbocycles. The molecular weight excluding hydrogens is 144 g/mol. The summed E-state index contributed by atoms with van der Waals surface area (Å²) >= 11 is 0. The van der Waals surface area contributed by atoms with Crippen LogP contribution in [0, 0.1) is 5.92 Å². The molecule has 66 valence electrons. The normalized spacial score (nSPS) is 28.9. The number of rotatable bonds is 1. The highest BCUT2D eigenvalue weighted by Crippen LogP contribution is 2.27. The van der Waals surface area contributed by atoms with Crippen molar-refractivity contribution in [3.8, 4) is 0 Å². The Morgan fingerprint density at radius 1 is 1.55 bits per heavy atom.